The molecule has 0 aliphatic rings. The molecule has 2 aromatic heterocycles. The van der Waals surface area contributed by atoms with Gasteiger partial charge in [-0.2, -0.15) is 4.98 Å². The highest BCUT2D eigenvalue weighted by Gasteiger charge is 2.11. The van der Waals surface area contributed by atoms with Crippen LogP contribution in [0.2, 0.25) is 0 Å². The fourth-order valence-electron chi connectivity index (χ4n) is 1.99. The summed E-state index contributed by atoms with van der Waals surface area (Å²) in [5.74, 6) is 0.260. The van der Waals surface area contributed by atoms with Crippen molar-refractivity contribution in [2.24, 2.45) is 0 Å². The molecule has 1 N–H and O–H groups in total. The van der Waals surface area contributed by atoms with E-state index in [0.717, 1.165) is 15.7 Å². The first-order valence-corrected chi connectivity index (χ1v) is 6.95. The van der Waals surface area contributed by atoms with E-state index in [4.69, 9.17) is 0 Å². The minimum Gasteiger partial charge on any atom is -0.346 e. The molecule has 0 aliphatic heterocycles. The number of hydrogen-bond donors (Lipinski definition) is 1. The van der Waals surface area contributed by atoms with Crippen molar-refractivity contribution >= 4 is 27.5 Å². The Balaban J connectivity index is 1.87. The van der Waals surface area contributed by atoms with Crippen molar-refractivity contribution < 1.29 is 4.39 Å². The van der Waals surface area contributed by atoms with Crippen LogP contribution >= 0.6 is 15.9 Å². The monoisotopic (exact) mass is 334 g/mol. The molecule has 0 saturated heterocycles. The van der Waals surface area contributed by atoms with Gasteiger partial charge >= 0.3 is 0 Å². The zero-order chi connectivity index (χ0) is 14.1. The SMILES string of the molecule is CC(Nc1nc2c(Br)cccn2n1)c1cccc(F)c1. The van der Waals surface area contributed by atoms with Crippen LogP contribution in [0.1, 0.15) is 18.5 Å². The van der Waals surface area contributed by atoms with Crippen molar-refractivity contribution in [3.63, 3.8) is 0 Å². The molecule has 102 valence electrons. The number of halogens is 2. The zero-order valence-electron chi connectivity index (χ0n) is 10.7. The van der Waals surface area contributed by atoms with Gasteiger partial charge in [0.15, 0.2) is 5.65 Å². The molecular weight excluding hydrogens is 323 g/mol. The second-order valence-electron chi connectivity index (χ2n) is 4.48. The lowest BCUT2D eigenvalue weighted by atomic mass is 10.1. The van der Waals surface area contributed by atoms with Crippen LogP contribution in [-0.2, 0) is 0 Å². The Kier molecular flexibility index (Phi) is 3.40. The molecule has 20 heavy (non-hydrogen) atoms. The van der Waals surface area contributed by atoms with Gasteiger partial charge in [-0.1, -0.05) is 12.1 Å². The lowest BCUT2D eigenvalue weighted by molar-refractivity contribution is 0.623. The Morgan fingerprint density at radius 2 is 2.15 bits per heavy atom. The third kappa shape index (κ3) is 2.51. The first-order valence-electron chi connectivity index (χ1n) is 6.16. The van der Waals surface area contributed by atoms with Crippen molar-refractivity contribution in [3.8, 4) is 0 Å². The first kappa shape index (κ1) is 13.1. The van der Waals surface area contributed by atoms with Gasteiger partial charge in [0.1, 0.15) is 5.82 Å². The van der Waals surface area contributed by atoms with Gasteiger partial charge in [-0.3, -0.25) is 0 Å². The number of pyridine rings is 1. The smallest absolute Gasteiger partial charge is 0.243 e. The van der Waals surface area contributed by atoms with E-state index < -0.39 is 0 Å². The van der Waals surface area contributed by atoms with Crippen molar-refractivity contribution in [3.05, 3.63) is 58.4 Å². The second kappa shape index (κ2) is 5.20. The van der Waals surface area contributed by atoms with Gasteiger partial charge in [0, 0.05) is 6.20 Å². The van der Waals surface area contributed by atoms with Gasteiger partial charge in [0.2, 0.25) is 5.95 Å². The molecule has 2 heterocycles. The summed E-state index contributed by atoms with van der Waals surface area (Å²) >= 11 is 3.43. The number of nitrogens with one attached hydrogen (secondary N) is 1. The summed E-state index contributed by atoms with van der Waals surface area (Å²) in [6.45, 7) is 1.94. The lowest BCUT2D eigenvalue weighted by Crippen LogP contribution is -2.08. The number of benzene rings is 1. The number of hydrogen-bond acceptors (Lipinski definition) is 3. The van der Waals surface area contributed by atoms with Crippen molar-refractivity contribution in [1.82, 2.24) is 14.6 Å². The molecule has 0 amide bonds. The van der Waals surface area contributed by atoms with Gasteiger partial charge in [-0.15, -0.1) is 5.10 Å². The maximum atomic E-state index is 13.2. The van der Waals surface area contributed by atoms with Crippen LogP contribution in [0.4, 0.5) is 10.3 Å². The quantitative estimate of drug-likeness (QED) is 0.792. The number of rotatable bonds is 3. The molecule has 3 rings (SSSR count). The predicted molar refractivity (Wildman–Crippen MR) is 79.1 cm³/mol. The average Bonchev–Trinajstić information content (AvgIpc) is 2.83. The molecule has 0 saturated carbocycles. The van der Waals surface area contributed by atoms with Gasteiger partial charge in [-0.05, 0) is 52.7 Å². The average molecular weight is 335 g/mol. The molecule has 6 heteroatoms. The summed E-state index contributed by atoms with van der Waals surface area (Å²) in [5.41, 5.74) is 1.59. The minimum absolute atomic E-state index is 0.0816. The van der Waals surface area contributed by atoms with Crippen molar-refractivity contribution in [2.75, 3.05) is 5.32 Å². The van der Waals surface area contributed by atoms with E-state index in [1.807, 2.05) is 31.3 Å². The molecule has 0 bridgehead atoms. The minimum atomic E-state index is -0.248. The van der Waals surface area contributed by atoms with Gasteiger partial charge in [0.25, 0.3) is 0 Å². The third-order valence-electron chi connectivity index (χ3n) is 3.01. The normalized spacial score (nSPS) is 12.6. The van der Waals surface area contributed by atoms with Crippen LogP contribution in [0, 0.1) is 5.82 Å². The lowest BCUT2D eigenvalue weighted by Gasteiger charge is -2.12. The van der Waals surface area contributed by atoms with E-state index in [9.17, 15) is 4.39 Å². The van der Waals surface area contributed by atoms with Gasteiger partial charge < -0.3 is 5.32 Å². The molecule has 1 unspecified atom stereocenters. The van der Waals surface area contributed by atoms with E-state index in [2.05, 4.69) is 31.3 Å². The molecule has 3 aromatic rings. The van der Waals surface area contributed by atoms with E-state index in [1.54, 1.807) is 10.6 Å². The number of nitrogens with zero attached hydrogens (tertiary/aromatic N) is 3. The van der Waals surface area contributed by atoms with Crippen molar-refractivity contribution in [1.29, 1.82) is 0 Å². The zero-order valence-corrected chi connectivity index (χ0v) is 12.3. The van der Waals surface area contributed by atoms with E-state index in [1.165, 1.54) is 12.1 Å². The Morgan fingerprint density at radius 1 is 1.30 bits per heavy atom. The number of aromatic nitrogens is 3. The van der Waals surface area contributed by atoms with Crippen LogP contribution in [-0.4, -0.2) is 14.6 Å². The Bertz CT molecular complexity index is 756. The van der Waals surface area contributed by atoms with Crippen molar-refractivity contribution in [2.45, 2.75) is 13.0 Å². The molecule has 0 aliphatic carbocycles. The second-order valence-corrected chi connectivity index (χ2v) is 5.34. The van der Waals surface area contributed by atoms with E-state index >= 15 is 0 Å². The Hall–Kier alpha value is -1.95. The first-order chi connectivity index (χ1) is 9.63. The molecule has 0 radical (unpaired) electrons. The summed E-state index contributed by atoms with van der Waals surface area (Å²) in [6, 6.07) is 10.2. The largest absolute Gasteiger partial charge is 0.346 e. The Morgan fingerprint density at radius 3 is 2.90 bits per heavy atom. The summed E-state index contributed by atoms with van der Waals surface area (Å²) in [6.07, 6.45) is 1.82. The predicted octanol–water partition coefficient (Wildman–Crippen LogP) is 3.80. The number of fused-ring (bicyclic) bond motifs is 1. The molecular formula is C14H12BrFN4. The number of anilines is 1. The van der Waals surface area contributed by atoms with Crippen LogP contribution in [0.3, 0.4) is 0 Å². The molecule has 4 nitrogen and oxygen atoms in total. The highest BCUT2D eigenvalue weighted by Crippen LogP contribution is 2.20. The Labute approximate surface area is 123 Å². The van der Waals surface area contributed by atoms with Crippen LogP contribution in [0.5, 0.6) is 0 Å². The maximum Gasteiger partial charge on any atom is 0.243 e. The fourth-order valence-corrected chi connectivity index (χ4v) is 2.41. The summed E-state index contributed by atoms with van der Waals surface area (Å²) in [5, 5.41) is 7.50. The summed E-state index contributed by atoms with van der Waals surface area (Å²) in [7, 11) is 0. The summed E-state index contributed by atoms with van der Waals surface area (Å²) in [4.78, 5) is 4.40. The summed E-state index contributed by atoms with van der Waals surface area (Å²) < 4.78 is 15.8. The third-order valence-corrected chi connectivity index (χ3v) is 3.63. The van der Waals surface area contributed by atoms with Gasteiger partial charge in [0.05, 0.1) is 10.5 Å². The van der Waals surface area contributed by atoms with Crippen LogP contribution in [0.25, 0.3) is 5.65 Å². The molecule has 0 spiro atoms. The van der Waals surface area contributed by atoms with E-state index in [-0.39, 0.29) is 11.9 Å². The standard InChI is InChI=1S/C14H12BrFN4/c1-9(10-4-2-5-11(16)8-10)17-14-18-13-12(15)6-3-7-20(13)19-14/h2-9H,1H3,(H,17,19). The van der Waals surface area contributed by atoms with E-state index in [0.29, 0.717) is 5.95 Å². The highest BCUT2D eigenvalue weighted by molar-refractivity contribution is 9.10. The topological polar surface area (TPSA) is 42.2 Å². The highest BCUT2D eigenvalue weighted by atomic mass is 79.9. The fraction of sp³-hybridized carbons (Fsp3) is 0.143. The van der Waals surface area contributed by atoms with Gasteiger partial charge in [-0.25, -0.2) is 8.91 Å². The molecule has 1 aromatic carbocycles. The maximum absolute atomic E-state index is 13.2. The van der Waals surface area contributed by atoms with Crippen LogP contribution < -0.4 is 5.32 Å². The molecule has 0 fully saturated rings. The molecule has 1 atom stereocenters. The van der Waals surface area contributed by atoms with Crippen LogP contribution in [0.15, 0.2) is 47.1 Å².